The van der Waals surface area contributed by atoms with Gasteiger partial charge in [-0.3, -0.25) is 14.6 Å². The zero-order chi connectivity index (χ0) is 22.1. The fraction of sp³-hybridized carbons (Fsp3) is 0.0800. The summed E-state index contributed by atoms with van der Waals surface area (Å²) in [7, 11) is 0. The Morgan fingerprint density at radius 3 is 2.42 bits per heavy atom. The zero-order valence-corrected chi connectivity index (χ0v) is 17.0. The molecule has 0 aliphatic carbocycles. The van der Waals surface area contributed by atoms with E-state index in [0.29, 0.717) is 24.5 Å². The van der Waals surface area contributed by atoms with Crippen molar-refractivity contribution in [3.63, 3.8) is 0 Å². The van der Waals surface area contributed by atoms with Crippen LogP contribution in [-0.2, 0) is 6.61 Å². The van der Waals surface area contributed by atoms with Crippen molar-refractivity contribution in [3.8, 4) is 5.75 Å². The van der Waals surface area contributed by atoms with E-state index in [1.165, 1.54) is 6.08 Å². The maximum absolute atomic E-state index is 12.4. The lowest BCUT2D eigenvalue weighted by molar-refractivity contribution is 0.305. The zero-order valence-electron chi connectivity index (χ0n) is 17.0. The lowest BCUT2D eigenvalue weighted by Gasteiger charge is -2.05. The van der Waals surface area contributed by atoms with Crippen molar-refractivity contribution in [2.24, 2.45) is 0 Å². The number of rotatable bonds is 8. The van der Waals surface area contributed by atoms with Crippen LogP contribution in [-0.4, -0.2) is 15.0 Å². The number of nitrogens with zero attached hydrogens (tertiary/aromatic N) is 1. The molecule has 0 atom stereocenters. The first-order valence-corrected chi connectivity index (χ1v) is 9.70. The minimum absolute atomic E-state index is 0.123. The Balaban J connectivity index is 1.78. The molecule has 0 saturated carbocycles. The van der Waals surface area contributed by atoms with Gasteiger partial charge < -0.3 is 14.7 Å². The Kier molecular flexibility index (Phi) is 7.32. The van der Waals surface area contributed by atoms with Crippen molar-refractivity contribution >= 4 is 12.2 Å². The van der Waals surface area contributed by atoms with Crippen LogP contribution in [0.2, 0.25) is 0 Å². The maximum atomic E-state index is 12.4. The summed E-state index contributed by atoms with van der Waals surface area (Å²) >= 11 is 0. The third kappa shape index (κ3) is 6.14. The summed E-state index contributed by atoms with van der Waals surface area (Å²) in [6.07, 6.45) is 10.3. The average Bonchev–Trinajstić information content (AvgIpc) is 2.79. The van der Waals surface area contributed by atoms with Gasteiger partial charge in [0.1, 0.15) is 23.1 Å². The Morgan fingerprint density at radius 1 is 1.00 bits per heavy atom. The van der Waals surface area contributed by atoms with Crippen LogP contribution in [0, 0.1) is 0 Å². The van der Waals surface area contributed by atoms with E-state index < -0.39 is 11.1 Å². The largest absolute Gasteiger partial charge is 0.487 e. The molecule has 0 bridgehead atoms. The summed E-state index contributed by atoms with van der Waals surface area (Å²) in [6, 6.07) is 13.3. The number of allylic oxidation sites excluding steroid dienone is 4. The Bertz CT molecular complexity index is 1320. The highest BCUT2D eigenvalue weighted by molar-refractivity contribution is 5.44. The molecule has 0 unspecified atom stereocenters. The van der Waals surface area contributed by atoms with Crippen molar-refractivity contribution in [3.05, 3.63) is 128 Å². The molecule has 3 aromatic rings. The van der Waals surface area contributed by atoms with E-state index in [4.69, 9.17) is 4.74 Å². The highest BCUT2D eigenvalue weighted by Crippen LogP contribution is 2.12. The van der Waals surface area contributed by atoms with Crippen LogP contribution >= 0.6 is 0 Å². The monoisotopic (exact) mass is 413 g/mol. The highest BCUT2D eigenvalue weighted by Gasteiger charge is 2.00. The number of hydrogen-bond donors (Lipinski definition) is 2. The number of aromatic nitrogens is 3. The van der Waals surface area contributed by atoms with E-state index in [0.717, 1.165) is 11.1 Å². The number of H-pyrrole nitrogens is 2. The van der Waals surface area contributed by atoms with Gasteiger partial charge in [-0.05, 0) is 35.8 Å². The summed E-state index contributed by atoms with van der Waals surface area (Å²) in [4.78, 5) is 34.2. The van der Waals surface area contributed by atoms with Gasteiger partial charge in [0.15, 0.2) is 0 Å². The lowest BCUT2D eigenvalue weighted by Crippen LogP contribution is -2.46. The normalized spacial score (nSPS) is 12.6. The second kappa shape index (κ2) is 10.5. The quantitative estimate of drug-likeness (QED) is 0.555. The second-order valence-electron chi connectivity index (χ2n) is 6.66. The number of aromatic amines is 2. The number of benzene rings is 1. The van der Waals surface area contributed by atoms with E-state index in [1.807, 2.05) is 30.3 Å². The van der Waals surface area contributed by atoms with Crippen LogP contribution in [0.15, 0.2) is 95.2 Å². The van der Waals surface area contributed by atoms with Gasteiger partial charge in [0.05, 0.1) is 11.9 Å². The van der Waals surface area contributed by atoms with E-state index in [9.17, 15) is 9.59 Å². The smallest absolute Gasteiger partial charge is 0.272 e. The van der Waals surface area contributed by atoms with Gasteiger partial charge in [-0.25, -0.2) is 0 Å². The molecule has 0 aliphatic rings. The molecule has 3 rings (SSSR count). The van der Waals surface area contributed by atoms with Crippen LogP contribution < -0.4 is 26.6 Å². The maximum Gasteiger partial charge on any atom is 0.272 e. The highest BCUT2D eigenvalue weighted by atomic mass is 16.5. The molecule has 0 amide bonds. The van der Waals surface area contributed by atoms with Crippen molar-refractivity contribution in [2.45, 2.75) is 13.0 Å². The lowest BCUT2D eigenvalue weighted by atomic mass is 10.1. The van der Waals surface area contributed by atoms with Gasteiger partial charge in [-0.2, -0.15) is 0 Å². The molecule has 2 aromatic heterocycles. The van der Waals surface area contributed by atoms with Crippen LogP contribution in [0.3, 0.4) is 0 Å². The average molecular weight is 413 g/mol. The van der Waals surface area contributed by atoms with E-state index in [1.54, 1.807) is 42.6 Å². The van der Waals surface area contributed by atoms with Gasteiger partial charge in [0.25, 0.3) is 11.1 Å². The predicted octanol–water partition coefficient (Wildman–Crippen LogP) is 2.33. The number of ether oxygens (including phenoxy) is 1. The molecule has 0 radical (unpaired) electrons. The van der Waals surface area contributed by atoms with Gasteiger partial charge in [0.2, 0.25) is 0 Å². The number of hydrogen-bond acceptors (Lipinski definition) is 4. The standard InChI is InChI=1S/C25H23N3O3/c1-3-8-18(4-2)11-14-22-24(29)28-23(25(30)27-22)15-20-12-13-21(16-26-20)31-17-19-9-6-5-7-10-19/h3-10,12-16H,1-2,11,17H2,(H,27,30)(H,28,29)/b18-8+,22-14+,23-15+. The van der Waals surface area contributed by atoms with Gasteiger partial charge in [-0.1, -0.05) is 67.8 Å². The van der Waals surface area contributed by atoms with Crippen LogP contribution in [0.4, 0.5) is 0 Å². The third-order valence-electron chi connectivity index (χ3n) is 4.42. The van der Waals surface area contributed by atoms with Crippen molar-refractivity contribution < 1.29 is 4.74 Å². The second-order valence-corrected chi connectivity index (χ2v) is 6.66. The fourth-order valence-electron chi connectivity index (χ4n) is 2.78. The first-order chi connectivity index (χ1) is 15.1. The number of pyridine rings is 1. The van der Waals surface area contributed by atoms with Crippen LogP contribution in [0.5, 0.6) is 5.75 Å². The SMILES string of the molecule is C=C/C=C(\C=C)C/C=c1/[nH]c(=O)/c(=C\c2ccc(OCc3ccccc3)cn2)[nH]c1=O. The minimum Gasteiger partial charge on any atom is -0.487 e. The molecular formula is C25H23N3O3. The van der Waals surface area contributed by atoms with Gasteiger partial charge in [0, 0.05) is 0 Å². The molecule has 0 fully saturated rings. The summed E-state index contributed by atoms with van der Waals surface area (Å²) in [5.74, 6) is 0.610. The predicted molar refractivity (Wildman–Crippen MR) is 123 cm³/mol. The van der Waals surface area contributed by atoms with Crippen molar-refractivity contribution in [2.75, 3.05) is 0 Å². The molecule has 156 valence electrons. The molecule has 0 aliphatic heterocycles. The summed E-state index contributed by atoms with van der Waals surface area (Å²) in [5.41, 5.74) is 1.65. The van der Waals surface area contributed by atoms with Crippen molar-refractivity contribution in [1.82, 2.24) is 15.0 Å². The molecule has 31 heavy (non-hydrogen) atoms. The molecular weight excluding hydrogens is 390 g/mol. The van der Waals surface area contributed by atoms with Gasteiger partial charge >= 0.3 is 0 Å². The molecule has 6 nitrogen and oxygen atoms in total. The molecule has 6 heteroatoms. The number of nitrogens with one attached hydrogen (secondary N) is 2. The summed E-state index contributed by atoms with van der Waals surface area (Å²) in [6.45, 7) is 7.78. The minimum atomic E-state index is -0.412. The van der Waals surface area contributed by atoms with Gasteiger partial charge in [-0.15, -0.1) is 0 Å². The van der Waals surface area contributed by atoms with E-state index in [-0.39, 0.29) is 10.7 Å². The Hall–Kier alpha value is -4.19. The van der Waals surface area contributed by atoms with E-state index in [2.05, 4.69) is 28.1 Å². The fourth-order valence-corrected chi connectivity index (χ4v) is 2.78. The Labute approximate surface area is 179 Å². The molecule has 2 heterocycles. The summed E-state index contributed by atoms with van der Waals surface area (Å²) in [5, 5.41) is 0.315. The molecule has 0 spiro atoms. The molecule has 2 N–H and O–H groups in total. The topological polar surface area (TPSA) is 87.8 Å². The first-order valence-electron chi connectivity index (χ1n) is 9.70. The van der Waals surface area contributed by atoms with E-state index >= 15 is 0 Å². The van der Waals surface area contributed by atoms with Crippen LogP contribution in [0.1, 0.15) is 17.7 Å². The van der Waals surface area contributed by atoms with Crippen molar-refractivity contribution in [1.29, 1.82) is 0 Å². The van der Waals surface area contributed by atoms with Crippen LogP contribution in [0.25, 0.3) is 12.2 Å². The Morgan fingerprint density at radius 2 is 1.74 bits per heavy atom. The first kappa shape index (κ1) is 21.5. The molecule has 1 aromatic carbocycles. The summed E-state index contributed by atoms with van der Waals surface area (Å²) < 4.78 is 5.70. The molecule has 0 saturated heterocycles. The third-order valence-corrected chi connectivity index (χ3v) is 4.42.